The molecule has 0 atom stereocenters. The third-order valence-electron chi connectivity index (χ3n) is 3.67. The van der Waals surface area contributed by atoms with E-state index in [1.165, 1.54) is 12.1 Å². The van der Waals surface area contributed by atoms with Crippen molar-refractivity contribution in [3.8, 4) is 0 Å². The van der Waals surface area contributed by atoms with Gasteiger partial charge in [0.1, 0.15) is 0 Å². The van der Waals surface area contributed by atoms with Gasteiger partial charge in [-0.05, 0) is 50.1 Å². The van der Waals surface area contributed by atoms with Gasteiger partial charge < -0.3 is 5.32 Å². The predicted octanol–water partition coefficient (Wildman–Crippen LogP) is 3.16. The summed E-state index contributed by atoms with van der Waals surface area (Å²) in [6, 6.07) is 11.9. The molecule has 25 heavy (non-hydrogen) atoms. The van der Waals surface area contributed by atoms with Crippen LogP contribution in [0.2, 0.25) is 0 Å². The van der Waals surface area contributed by atoms with Crippen LogP contribution < -0.4 is 10.7 Å². The van der Waals surface area contributed by atoms with Crippen molar-refractivity contribution < 1.29 is 9.72 Å². The van der Waals surface area contributed by atoms with Crippen molar-refractivity contribution in [2.45, 2.75) is 20.8 Å². The number of carbonyl (C=O) groups is 1. The van der Waals surface area contributed by atoms with Crippen molar-refractivity contribution in [2.24, 2.45) is 5.10 Å². The lowest BCUT2D eigenvalue weighted by atomic mass is 10.1. The van der Waals surface area contributed by atoms with E-state index >= 15 is 0 Å². The van der Waals surface area contributed by atoms with E-state index in [0.29, 0.717) is 11.3 Å². The average molecular weight is 340 g/mol. The molecule has 0 saturated carbocycles. The molecule has 0 aliphatic heterocycles. The molecule has 0 radical (unpaired) electrons. The highest BCUT2D eigenvalue weighted by atomic mass is 16.6. The van der Waals surface area contributed by atoms with Crippen LogP contribution in [0.5, 0.6) is 0 Å². The smallest absolute Gasteiger partial charge is 0.269 e. The highest BCUT2D eigenvalue weighted by Crippen LogP contribution is 2.15. The summed E-state index contributed by atoms with van der Waals surface area (Å²) < 4.78 is 0. The molecular weight excluding hydrogens is 320 g/mol. The summed E-state index contributed by atoms with van der Waals surface area (Å²) in [7, 11) is 0. The van der Waals surface area contributed by atoms with E-state index in [2.05, 4.69) is 15.8 Å². The van der Waals surface area contributed by atoms with Crippen molar-refractivity contribution in [1.82, 2.24) is 5.43 Å². The monoisotopic (exact) mass is 340 g/mol. The Kier molecular flexibility index (Phi) is 5.84. The van der Waals surface area contributed by atoms with Crippen LogP contribution >= 0.6 is 0 Å². The van der Waals surface area contributed by atoms with E-state index < -0.39 is 4.92 Å². The van der Waals surface area contributed by atoms with Gasteiger partial charge in [-0.25, -0.2) is 5.43 Å². The molecule has 2 aromatic carbocycles. The van der Waals surface area contributed by atoms with Crippen LogP contribution in [0.3, 0.4) is 0 Å². The van der Waals surface area contributed by atoms with E-state index in [-0.39, 0.29) is 18.1 Å². The van der Waals surface area contributed by atoms with Crippen LogP contribution in [0.4, 0.5) is 11.4 Å². The molecule has 0 fully saturated rings. The standard InChI is InChI=1S/C18H20N4O3/c1-12-4-9-17(13(2)10-12)19-11-18(23)21-20-14(3)15-5-7-16(8-6-15)22(24)25/h4-10,19H,11H2,1-3H3,(H,21,23)/b20-14-. The summed E-state index contributed by atoms with van der Waals surface area (Å²) in [5.74, 6) is -0.277. The molecule has 0 aliphatic carbocycles. The lowest BCUT2D eigenvalue weighted by Crippen LogP contribution is -2.27. The Labute approximate surface area is 145 Å². The second-order valence-corrected chi connectivity index (χ2v) is 5.71. The SMILES string of the molecule is C/C(=N/NC(=O)CNc1ccc(C)cc1C)c1ccc([N+](=O)[O-])cc1. The van der Waals surface area contributed by atoms with E-state index in [4.69, 9.17) is 0 Å². The first kappa shape index (κ1) is 18.1. The van der Waals surface area contributed by atoms with Gasteiger partial charge in [0, 0.05) is 17.8 Å². The number of nitro benzene ring substituents is 1. The third-order valence-corrected chi connectivity index (χ3v) is 3.67. The molecule has 0 unspecified atom stereocenters. The highest BCUT2D eigenvalue weighted by molar-refractivity contribution is 5.99. The Bertz CT molecular complexity index is 814. The summed E-state index contributed by atoms with van der Waals surface area (Å²) in [6.07, 6.45) is 0. The zero-order valence-electron chi connectivity index (χ0n) is 14.4. The summed E-state index contributed by atoms with van der Waals surface area (Å²) >= 11 is 0. The van der Waals surface area contributed by atoms with E-state index in [1.807, 2.05) is 32.0 Å². The minimum Gasteiger partial charge on any atom is -0.376 e. The number of rotatable bonds is 6. The van der Waals surface area contributed by atoms with Gasteiger partial charge in [0.25, 0.3) is 11.6 Å². The zero-order chi connectivity index (χ0) is 18.4. The largest absolute Gasteiger partial charge is 0.376 e. The summed E-state index contributed by atoms with van der Waals surface area (Å²) in [6.45, 7) is 5.81. The minimum absolute atomic E-state index is 0.0123. The van der Waals surface area contributed by atoms with E-state index in [9.17, 15) is 14.9 Å². The number of aryl methyl sites for hydroxylation is 2. The number of hydrogen-bond donors (Lipinski definition) is 2. The topological polar surface area (TPSA) is 96.6 Å². The number of benzene rings is 2. The molecule has 7 heteroatoms. The van der Waals surface area contributed by atoms with Gasteiger partial charge in [-0.3, -0.25) is 14.9 Å². The molecule has 0 aromatic heterocycles. The normalized spacial score (nSPS) is 11.1. The van der Waals surface area contributed by atoms with Gasteiger partial charge in [-0.2, -0.15) is 5.10 Å². The lowest BCUT2D eigenvalue weighted by Gasteiger charge is -2.09. The maximum atomic E-state index is 11.9. The fraction of sp³-hybridized carbons (Fsp3) is 0.222. The number of hydrogen-bond acceptors (Lipinski definition) is 5. The van der Waals surface area contributed by atoms with Crippen LogP contribution in [0, 0.1) is 24.0 Å². The van der Waals surface area contributed by atoms with Gasteiger partial charge in [-0.1, -0.05) is 17.7 Å². The summed E-state index contributed by atoms with van der Waals surface area (Å²) in [5.41, 5.74) is 6.88. The van der Waals surface area contributed by atoms with Crippen molar-refractivity contribution in [2.75, 3.05) is 11.9 Å². The summed E-state index contributed by atoms with van der Waals surface area (Å²) in [4.78, 5) is 22.1. The zero-order valence-corrected chi connectivity index (χ0v) is 14.4. The fourth-order valence-electron chi connectivity index (χ4n) is 2.26. The van der Waals surface area contributed by atoms with Crippen molar-refractivity contribution in [3.05, 3.63) is 69.3 Å². The number of hydrazone groups is 1. The van der Waals surface area contributed by atoms with Crippen molar-refractivity contribution >= 4 is 23.0 Å². The molecule has 0 saturated heterocycles. The Morgan fingerprint density at radius 2 is 1.84 bits per heavy atom. The Balaban J connectivity index is 1.91. The van der Waals surface area contributed by atoms with Crippen LogP contribution in [-0.2, 0) is 4.79 Å². The molecule has 130 valence electrons. The molecule has 7 nitrogen and oxygen atoms in total. The number of anilines is 1. The number of carbonyl (C=O) groups excluding carboxylic acids is 1. The molecule has 0 bridgehead atoms. The first-order valence-corrected chi connectivity index (χ1v) is 7.76. The average Bonchev–Trinajstić information content (AvgIpc) is 2.59. The predicted molar refractivity (Wildman–Crippen MR) is 97.9 cm³/mol. The molecule has 0 spiro atoms. The van der Waals surface area contributed by atoms with Crippen LogP contribution in [0.1, 0.15) is 23.6 Å². The maximum Gasteiger partial charge on any atom is 0.269 e. The fourth-order valence-corrected chi connectivity index (χ4v) is 2.26. The Morgan fingerprint density at radius 1 is 1.16 bits per heavy atom. The number of amides is 1. The highest BCUT2D eigenvalue weighted by Gasteiger charge is 2.06. The quantitative estimate of drug-likeness (QED) is 0.479. The summed E-state index contributed by atoms with van der Waals surface area (Å²) in [5, 5.41) is 17.7. The van der Waals surface area contributed by atoms with Gasteiger partial charge in [0.05, 0.1) is 17.2 Å². The second-order valence-electron chi connectivity index (χ2n) is 5.71. The number of nitrogens with zero attached hydrogens (tertiary/aromatic N) is 2. The molecule has 1 amide bonds. The molecule has 0 heterocycles. The number of non-ortho nitro benzene ring substituents is 1. The van der Waals surface area contributed by atoms with E-state index in [1.54, 1.807) is 19.1 Å². The molecule has 2 rings (SSSR count). The minimum atomic E-state index is -0.462. The molecule has 2 aromatic rings. The van der Waals surface area contributed by atoms with Crippen molar-refractivity contribution in [3.63, 3.8) is 0 Å². The van der Waals surface area contributed by atoms with Crippen LogP contribution in [-0.4, -0.2) is 23.1 Å². The first-order chi connectivity index (χ1) is 11.9. The number of nitro groups is 1. The van der Waals surface area contributed by atoms with Crippen LogP contribution in [0.15, 0.2) is 47.6 Å². The maximum absolute atomic E-state index is 11.9. The van der Waals surface area contributed by atoms with Crippen LogP contribution in [0.25, 0.3) is 0 Å². The van der Waals surface area contributed by atoms with E-state index in [0.717, 1.165) is 16.8 Å². The Morgan fingerprint density at radius 3 is 2.44 bits per heavy atom. The molecular formula is C18H20N4O3. The van der Waals surface area contributed by atoms with Gasteiger partial charge in [0.2, 0.25) is 0 Å². The van der Waals surface area contributed by atoms with Crippen molar-refractivity contribution in [1.29, 1.82) is 0 Å². The van der Waals surface area contributed by atoms with Gasteiger partial charge in [-0.15, -0.1) is 0 Å². The first-order valence-electron chi connectivity index (χ1n) is 7.76. The Hall–Kier alpha value is -3.22. The third kappa shape index (κ3) is 5.13. The molecule has 2 N–H and O–H groups in total. The number of nitrogens with one attached hydrogen (secondary N) is 2. The lowest BCUT2D eigenvalue weighted by molar-refractivity contribution is -0.384. The van der Waals surface area contributed by atoms with Gasteiger partial charge in [0.15, 0.2) is 0 Å². The molecule has 0 aliphatic rings. The van der Waals surface area contributed by atoms with Gasteiger partial charge >= 0.3 is 0 Å². The second kappa shape index (κ2) is 8.05.